The van der Waals surface area contributed by atoms with Crippen LogP contribution >= 0.6 is 0 Å². The van der Waals surface area contributed by atoms with Crippen molar-refractivity contribution in [1.29, 1.82) is 0 Å². The second-order valence-corrected chi connectivity index (χ2v) is 3.27. The van der Waals surface area contributed by atoms with Gasteiger partial charge in [0, 0.05) is 19.2 Å². The van der Waals surface area contributed by atoms with Gasteiger partial charge in [-0.1, -0.05) is 0 Å². The molecule has 1 aromatic rings. The maximum absolute atomic E-state index is 10.9. The van der Waals surface area contributed by atoms with Crippen LogP contribution in [0.3, 0.4) is 0 Å². The lowest BCUT2D eigenvalue weighted by Gasteiger charge is -2.17. The Morgan fingerprint density at radius 1 is 1.80 bits per heavy atom. The van der Waals surface area contributed by atoms with E-state index >= 15 is 0 Å². The zero-order chi connectivity index (χ0) is 11.3. The molecule has 0 aliphatic rings. The lowest BCUT2D eigenvalue weighted by molar-refractivity contribution is -0.153. The fourth-order valence-corrected chi connectivity index (χ4v) is 1.12. The largest absolute Gasteiger partial charge is 0.479 e. The Morgan fingerprint density at radius 3 is 3.00 bits per heavy atom. The minimum absolute atomic E-state index is 0.239. The number of aromatic nitrogens is 2. The number of carboxylic acids is 1. The van der Waals surface area contributed by atoms with E-state index in [2.05, 4.69) is 9.97 Å². The van der Waals surface area contributed by atoms with E-state index < -0.39 is 12.1 Å². The molecule has 2 atom stereocenters. The molecule has 0 radical (unpaired) electrons. The quantitative estimate of drug-likeness (QED) is 0.606. The van der Waals surface area contributed by atoms with Crippen LogP contribution in [0.2, 0.25) is 0 Å². The maximum atomic E-state index is 10.9. The standard InChI is InChI=1S/C9H15N3O3/c1-6(3-10)15-8(9(13)14)2-7-4-11-5-12-7/h4-6,8H,2-3,10H2,1H3,(H,11,12)(H,13,14)/t6?,8-/m0/s1. The average Bonchev–Trinajstić information content (AvgIpc) is 2.69. The van der Waals surface area contributed by atoms with Crippen molar-refractivity contribution in [3.8, 4) is 0 Å². The van der Waals surface area contributed by atoms with E-state index in [4.69, 9.17) is 15.6 Å². The lowest BCUT2D eigenvalue weighted by atomic mass is 10.2. The SMILES string of the molecule is CC(CN)O[C@@H](Cc1c[nH]cn1)C(=O)O. The first-order valence-electron chi connectivity index (χ1n) is 4.69. The van der Waals surface area contributed by atoms with Gasteiger partial charge in [0.05, 0.1) is 18.1 Å². The highest BCUT2D eigenvalue weighted by Gasteiger charge is 2.21. The molecule has 15 heavy (non-hydrogen) atoms. The van der Waals surface area contributed by atoms with Crippen molar-refractivity contribution in [3.63, 3.8) is 0 Å². The Kier molecular flexibility index (Phi) is 4.26. The van der Waals surface area contributed by atoms with Gasteiger partial charge < -0.3 is 20.6 Å². The van der Waals surface area contributed by atoms with Crippen LogP contribution in [-0.2, 0) is 16.0 Å². The number of aliphatic carboxylic acids is 1. The van der Waals surface area contributed by atoms with Crippen LogP contribution in [-0.4, -0.2) is 39.8 Å². The second kappa shape index (κ2) is 5.47. The first kappa shape index (κ1) is 11.7. The molecule has 0 bridgehead atoms. The van der Waals surface area contributed by atoms with Crippen LogP contribution in [0.5, 0.6) is 0 Å². The summed E-state index contributed by atoms with van der Waals surface area (Å²) in [5.74, 6) is -1.00. The Bertz CT molecular complexity index is 300. The normalized spacial score (nSPS) is 14.8. The van der Waals surface area contributed by atoms with Gasteiger partial charge in [-0.15, -0.1) is 0 Å². The molecule has 1 unspecified atom stereocenters. The summed E-state index contributed by atoms with van der Waals surface area (Å²) in [5.41, 5.74) is 6.01. The molecule has 0 saturated carbocycles. The number of carboxylic acid groups (broad SMARTS) is 1. The molecule has 0 aliphatic carbocycles. The summed E-state index contributed by atoms with van der Waals surface area (Å²) in [6.45, 7) is 2.03. The van der Waals surface area contributed by atoms with Crippen molar-refractivity contribution in [3.05, 3.63) is 18.2 Å². The summed E-state index contributed by atoms with van der Waals surface area (Å²) in [6, 6.07) is 0. The number of aromatic amines is 1. The monoisotopic (exact) mass is 213 g/mol. The summed E-state index contributed by atoms with van der Waals surface area (Å²) in [5, 5.41) is 8.91. The fourth-order valence-electron chi connectivity index (χ4n) is 1.12. The highest BCUT2D eigenvalue weighted by Crippen LogP contribution is 2.05. The summed E-state index contributed by atoms with van der Waals surface area (Å²) >= 11 is 0. The van der Waals surface area contributed by atoms with E-state index in [9.17, 15) is 4.79 Å². The van der Waals surface area contributed by atoms with Gasteiger partial charge in [-0.3, -0.25) is 0 Å². The Balaban J connectivity index is 2.55. The fraction of sp³-hybridized carbons (Fsp3) is 0.556. The van der Waals surface area contributed by atoms with Crippen molar-refractivity contribution >= 4 is 5.97 Å². The molecule has 4 N–H and O–H groups in total. The number of imidazole rings is 1. The van der Waals surface area contributed by atoms with Crippen molar-refractivity contribution in [2.75, 3.05) is 6.54 Å². The van der Waals surface area contributed by atoms with Crippen LogP contribution in [0.15, 0.2) is 12.5 Å². The first-order chi connectivity index (χ1) is 7.13. The molecular formula is C9H15N3O3. The Morgan fingerprint density at radius 2 is 2.53 bits per heavy atom. The average molecular weight is 213 g/mol. The van der Waals surface area contributed by atoms with Gasteiger partial charge in [0.1, 0.15) is 0 Å². The minimum atomic E-state index is -1.00. The van der Waals surface area contributed by atoms with E-state index in [1.54, 1.807) is 13.1 Å². The molecular weight excluding hydrogens is 198 g/mol. The zero-order valence-electron chi connectivity index (χ0n) is 8.51. The molecule has 6 nitrogen and oxygen atoms in total. The van der Waals surface area contributed by atoms with Gasteiger partial charge in [-0.2, -0.15) is 0 Å². The van der Waals surface area contributed by atoms with E-state index in [1.165, 1.54) is 6.33 Å². The van der Waals surface area contributed by atoms with Gasteiger partial charge in [0.25, 0.3) is 0 Å². The van der Waals surface area contributed by atoms with E-state index in [0.29, 0.717) is 12.2 Å². The third-order valence-corrected chi connectivity index (χ3v) is 1.95. The molecule has 0 spiro atoms. The van der Waals surface area contributed by atoms with Gasteiger partial charge >= 0.3 is 5.97 Å². The Labute approximate surface area is 87.5 Å². The maximum Gasteiger partial charge on any atom is 0.333 e. The third kappa shape index (κ3) is 3.69. The van der Waals surface area contributed by atoms with Crippen LogP contribution in [0, 0.1) is 0 Å². The van der Waals surface area contributed by atoms with Crippen molar-refractivity contribution in [2.24, 2.45) is 5.73 Å². The minimum Gasteiger partial charge on any atom is -0.479 e. The molecule has 1 aromatic heterocycles. The topological polar surface area (TPSA) is 101 Å². The number of H-pyrrole nitrogens is 1. The van der Waals surface area contributed by atoms with Crippen molar-refractivity contribution in [1.82, 2.24) is 9.97 Å². The number of nitrogens with zero attached hydrogens (tertiary/aromatic N) is 1. The molecule has 0 fully saturated rings. The smallest absolute Gasteiger partial charge is 0.333 e. The number of ether oxygens (including phenoxy) is 1. The Hall–Kier alpha value is -1.40. The van der Waals surface area contributed by atoms with Crippen LogP contribution in [0.1, 0.15) is 12.6 Å². The molecule has 0 saturated heterocycles. The van der Waals surface area contributed by atoms with E-state index in [1.807, 2.05) is 0 Å². The van der Waals surface area contributed by atoms with Crippen LogP contribution in [0.25, 0.3) is 0 Å². The second-order valence-electron chi connectivity index (χ2n) is 3.27. The molecule has 1 rings (SSSR count). The zero-order valence-corrected chi connectivity index (χ0v) is 8.51. The highest BCUT2D eigenvalue weighted by atomic mass is 16.5. The number of hydrogen-bond donors (Lipinski definition) is 3. The third-order valence-electron chi connectivity index (χ3n) is 1.95. The lowest BCUT2D eigenvalue weighted by Crippen LogP contribution is -2.33. The van der Waals surface area contributed by atoms with E-state index in [-0.39, 0.29) is 12.5 Å². The van der Waals surface area contributed by atoms with Gasteiger partial charge in [0.2, 0.25) is 0 Å². The predicted octanol–water partition coefficient (Wildman–Crippen LogP) is -0.231. The summed E-state index contributed by atoms with van der Waals surface area (Å²) in [7, 11) is 0. The predicted molar refractivity (Wildman–Crippen MR) is 53.3 cm³/mol. The molecule has 0 aromatic carbocycles. The summed E-state index contributed by atoms with van der Waals surface area (Å²) < 4.78 is 5.26. The number of nitrogens with one attached hydrogen (secondary N) is 1. The van der Waals surface area contributed by atoms with E-state index in [0.717, 1.165) is 0 Å². The molecule has 1 heterocycles. The number of hydrogen-bond acceptors (Lipinski definition) is 4. The van der Waals surface area contributed by atoms with Gasteiger partial charge in [-0.25, -0.2) is 9.78 Å². The van der Waals surface area contributed by atoms with Crippen molar-refractivity contribution in [2.45, 2.75) is 25.6 Å². The first-order valence-corrected chi connectivity index (χ1v) is 4.69. The molecule has 6 heteroatoms. The van der Waals surface area contributed by atoms with Gasteiger partial charge in [-0.05, 0) is 6.92 Å². The number of carbonyl (C=O) groups is 1. The molecule has 0 amide bonds. The molecule has 84 valence electrons. The summed E-state index contributed by atoms with van der Waals surface area (Å²) in [4.78, 5) is 17.6. The number of rotatable bonds is 6. The summed E-state index contributed by atoms with van der Waals surface area (Å²) in [6.07, 6.45) is 2.22. The van der Waals surface area contributed by atoms with Crippen LogP contribution in [0.4, 0.5) is 0 Å². The van der Waals surface area contributed by atoms with Gasteiger partial charge in [0.15, 0.2) is 6.10 Å². The van der Waals surface area contributed by atoms with Crippen molar-refractivity contribution < 1.29 is 14.6 Å². The van der Waals surface area contributed by atoms with Crippen LogP contribution < -0.4 is 5.73 Å². The number of nitrogens with two attached hydrogens (primary N) is 1. The highest BCUT2D eigenvalue weighted by molar-refractivity contribution is 5.72. The molecule has 0 aliphatic heterocycles.